The zero-order chi connectivity index (χ0) is 24.4. The Hall–Kier alpha value is -3.27. The molecule has 9 nitrogen and oxygen atoms in total. The zero-order valence-corrected chi connectivity index (χ0v) is 20.3. The van der Waals surface area contributed by atoms with Crippen molar-refractivity contribution in [2.75, 3.05) is 38.8 Å². The van der Waals surface area contributed by atoms with Crippen LogP contribution in [0, 0.1) is 0 Å². The summed E-state index contributed by atoms with van der Waals surface area (Å²) in [6.45, 7) is 4.08. The molecule has 2 aromatic heterocycles. The molecule has 0 bridgehead atoms. The molecule has 3 aromatic rings. The minimum atomic E-state index is -0.268. The number of anilines is 2. The van der Waals surface area contributed by atoms with Crippen molar-refractivity contribution in [2.45, 2.75) is 25.6 Å². The SMILES string of the molecule is COc1c(Cl)cccc1Nc1c(-c2ccncc2O[C@H](C)[C@@H]2COCCO2)[nH]c2c1C(=O)NCC2. The third kappa shape index (κ3) is 4.67. The molecule has 1 fully saturated rings. The molecule has 0 unspecified atom stereocenters. The monoisotopic (exact) mass is 498 g/mol. The zero-order valence-electron chi connectivity index (χ0n) is 19.5. The number of nitrogens with zero attached hydrogens (tertiary/aromatic N) is 1. The smallest absolute Gasteiger partial charge is 0.255 e. The van der Waals surface area contributed by atoms with Gasteiger partial charge in [-0.2, -0.15) is 0 Å². The number of aromatic amines is 1. The Morgan fingerprint density at radius 2 is 2.17 bits per heavy atom. The van der Waals surface area contributed by atoms with Gasteiger partial charge in [-0.15, -0.1) is 0 Å². The van der Waals surface area contributed by atoms with Crippen LogP contribution < -0.4 is 20.1 Å². The van der Waals surface area contributed by atoms with Crippen LogP contribution >= 0.6 is 11.6 Å². The second-order valence-electron chi connectivity index (χ2n) is 8.36. The Balaban J connectivity index is 1.57. The number of para-hydroxylation sites is 1. The van der Waals surface area contributed by atoms with Gasteiger partial charge in [0.15, 0.2) is 5.75 Å². The minimum absolute atomic E-state index is 0.158. The van der Waals surface area contributed by atoms with Crippen LogP contribution in [0.3, 0.4) is 0 Å². The van der Waals surface area contributed by atoms with E-state index >= 15 is 0 Å². The number of pyridine rings is 1. The van der Waals surface area contributed by atoms with E-state index in [0.29, 0.717) is 71.9 Å². The Bertz CT molecular complexity index is 1220. The van der Waals surface area contributed by atoms with Gasteiger partial charge in [0, 0.05) is 30.4 Å². The Morgan fingerprint density at radius 3 is 2.97 bits per heavy atom. The predicted molar refractivity (Wildman–Crippen MR) is 132 cm³/mol. The van der Waals surface area contributed by atoms with E-state index in [2.05, 4.69) is 20.6 Å². The number of H-pyrrole nitrogens is 1. The molecule has 1 aromatic carbocycles. The minimum Gasteiger partial charge on any atom is -0.493 e. The van der Waals surface area contributed by atoms with Crippen LogP contribution in [-0.2, 0) is 15.9 Å². The number of nitrogens with one attached hydrogen (secondary N) is 3. The van der Waals surface area contributed by atoms with Crippen LogP contribution in [0.25, 0.3) is 11.3 Å². The fraction of sp³-hybridized carbons (Fsp3) is 0.360. The quantitative estimate of drug-likeness (QED) is 0.452. The van der Waals surface area contributed by atoms with Gasteiger partial charge in [-0.1, -0.05) is 17.7 Å². The highest BCUT2D eigenvalue weighted by Crippen LogP contribution is 2.43. The molecule has 2 aliphatic heterocycles. The molecule has 3 N–H and O–H groups in total. The molecule has 2 atom stereocenters. The number of benzene rings is 1. The van der Waals surface area contributed by atoms with Gasteiger partial charge in [0.2, 0.25) is 0 Å². The number of hydrogen-bond acceptors (Lipinski definition) is 7. The van der Waals surface area contributed by atoms with E-state index in [-0.39, 0.29) is 18.1 Å². The number of amides is 1. The molecule has 0 spiro atoms. The number of ether oxygens (including phenoxy) is 4. The number of aromatic nitrogens is 2. The van der Waals surface area contributed by atoms with Crippen molar-refractivity contribution in [3.8, 4) is 22.8 Å². The Morgan fingerprint density at radius 1 is 1.29 bits per heavy atom. The molecule has 184 valence electrons. The lowest BCUT2D eigenvalue weighted by molar-refractivity contribution is -0.122. The summed E-state index contributed by atoms with van der Waals surface area (Å²) in [5.74, 6) is 0.893. The average molecular weight is 499 g/mol. The van der Waals surface area contributed by atoms with Crippen molar-refractivity contribution in [2.24, 2.45) is 0 Å². The van der Waals surface area contributed by atoms with Crippen LogP contribution in [0.5, 0.6) is 11.5 Å². The number of carbonyl (C=O) groups is 1. The number of hydrogen-bond donors (Lipinski definition) is 3. The van der Waals surface area contributed by atoms with E-state index in [9.17, 15) is 4.79 Å². The maximum Gasteiger partial charge on any atom is 0.255 e. The molecule has 2 aliphatic rings. The van der Waals surface area contributed by atoms with Gasteiger partial charge < -0.3 is 34.6 Å². The molecule has 0 aliphatic carbocycles. The van der Waals surface area contributed by atoms with Crippen LogP contribution in [0.2, 0.25) is 5.02 Å². The number of methoxy groups -OCH3 is 1. The van der Waals surface area contributed by atoms with Gasteiger partial charge in [0.1, 0.15) is 18.0 Å². The van der Waals surface area contributed by atoms with Crippen molar-refractivity contribution in [3.05, 3.63) is 52.9 Å². The van der Waals surface area contributed by atoms with E-state index in [1.54, 1.807) is 25.6 Å². The molecular weight excluding hydrogens is 472 g/mol. The fourth-order valence-corrected chi connectivity index (χ4v) is 4.64. The molecule has 1 amide bonds. The van der Waals surface area contributed by atoms with Gasteiger partial charge in [0.25, 0.3) is 5.91 Å². The topological polar surface area (TPSA) is 107 Å². The maximum absolute atomic E-state index is 12.9. The van der Waals surface area contributed by atoms with Gasteiger partial charge in [-0.3, -0.25) is 9.78 Å². The molecule has 0 saturated carbocycles. The summed E-state index contributed by atoms with van der Waals surface area (Å²) in [4.78, 5) is 20.7. The first-order chi connectivity index (χ1) is 17.1. The highest BCUT2D eigenvalue weighted by atomic mass is 35.5. The van der Waals surface area contributed by atoms with Crippen LogP contribution in [0.15, 0.2) is 36.7 Å². The lowest BCUT2D eigenvalue weighted by Crippen LogP contribution is -2.40. The summed E-state index contributed by atoms with van der Waals surface area (Å²) in [6, 6.07) is 7.27. The van der Waals surface area contributed by atoms with Crippen molar-refractivity contribution in [1.29, 1.82) is 0 Å². The summed E-state index contributed by atoms with van der Waals surface area (Å²) in [6.07, 6.45) is 3.58. The fourth-order valence-electron chi connectivity index (χ4n) is 4.39. The Labute approximate surface area is 208 Å². The first-order valence-electron chi connectivity index (χ1n) is 11.5. The van der Waals surface area contributed by atoms with Crippen molar-refractivity contribution >= 4 is 28.9 Å². The van der Waals surface area contributed by atoms with Crippen LogP contribution in [-0.4, -0.2) is 61.6 Å². The third-order valence-corrected chi connectivity index (χ3v) is 6.43. The van der Waals surface area contributed by atoms with Crippen molar-refractivity contribution in [3.63, 3.8) is 0 Å². The number of carbonyl (C=O) groups excluding carboxylic acids is 1. The average Bonchev–Trinajstić information content (AvgIpc) is 3.24. The maximum atomic E-state index is 12.9. The number of fused-ring (bicyclic) bond motifs is 1. The second-order valence-corrected chi connectivity index (χ2v) is 8.77. The summed E-state index contributed by atoms with van der Waals surface area (Å²) >= 11 is 6.35. The summed E-state index contributed by atoms with van der Waals surface area (Å²) in [7, 11) is 1.56. The van der Waals surface area contributed by atoms with Gasteiger partial charge in [-0.25, -0.2) is 0 Å². The van der Waals surface area contributed by atoms with E-state index in [4.69, 9.17) is 30.5 Å². The molecule has 5 rings (SSSR count). The van der Waals surface area contributed by atoms with Crippen LogP contribution in [0.1, 0.15) is 23.0 Å². The van der Waals surface area contributed by atoms with E-state index in [0.717, 1.165) is 11.3 Å². The Kier molecular flexibility index (Phi) is 6.81. The van der Waals surface area contributed by atoms with E-state index in [1.165, 1.54) is 0 Å². The molecular formula is C25H27ClN4O5. The largest absolute Gasteiger partial charge is 0.493 e. The predicted octanol–water partition coefficient (Wildman–Crippen LogP) is 3.95. The molecule has 0 radical (unpaired) electrons. The summed E-state index contributed by atoms with van der Waals surface area (Å²) in [5, 5.41) is 6.78. The molecule has 10 heteroatoms. The highest BCUT2D eigenvalue weighted by molar-refractivity contribution is 6.32. The van der Waals surface area contributed by atoms with Gasteiger partial charge in [0.05, 0.1) is 60.8 Å². The first-order valence-corrected chi connectivity index (χ1v) is 11.9. The normalized spacial score (nSPS) is 18.4. The number of halogens is 1. The molecule has 4 heterocycles. The van der Waals surface area contributed by atoms with Gasteiger partial charge >= 0.3 is 0 Å². The van der Waals surface area contributed by atoms with E-state index in [1.807, 2.05) is 25.1 Å². The lowest BCUT2D eigenvalue weighted by atomic mass is 10.0. The molecule has 1 saturated heterocycles. The van der Waals surface area contributed by atoms with Gasteiger partial charge in [-0.05, 0) is 25.1 Å². The van der Waals surface area contributed by atoms with E-state index < -0.39 is 0 Å². The van der Waals surface area contributed by atoms with Crippen LogP contribution in [0.4, 0.5) is 11.4 Å². The van der Waals surface area contributed by atoms with Crippen molar-refractivity contribution < 1.29 is 23.7 Å². The second kappa shape index (κ2) is 10.2. The standard InChI is InChI=1S/C25H27ClN4O5/c1-14(20-13-33-10-11-34-20)35-19-12-27-8-6-15(19)22-23(21-17(29-22)7-9-28-25(21)31)30-18-5-3-4-16(26)24(18)32-2/h3-6,8,12,14,20,29-30H,7,9-11,13H2,1-2H3,(H,28,31)/t14-,20+/m1/s1. The summed E-state index contributed by atoms with van der Waals surface area (Å²) < 4.78 is 23.2. The highest BCUT2D eigenvalue weighted by Gasteiger charge is 2.30. The summed E-state index contributed by atoms with van der Waals surface area (Å²) in [5.41, 5.74) is 4.10. The lowest BCUT2D eigenvalue weighted by Gasteiger charge is -2.29. The molecule has 35 heavy (non-hydrogen) atoms. The van der Waals surface area contributed by atoms with Crippen molar-refractivity contribution in [1.82, 2.24) is 15.3 Å². The third-order valence-electron chi connectivity index (χ3n) is 6.13. The number of rotatable bonds is 7. The first kappa shape index (κ1) is 23.5.